The maximum atomic E-state index is 12.3. The third kappa shape index (κ3) is 2.96. The van der Waals surface area contributed by atoms with Crippen LogP contribution in [0, 0.1) is 0 Å². The van der Waals surface area contributed by atoms with Gasteiger partial charge in [-0.25, -0.2) is 0 Å². The minimum Gasteiger partial charge on any atom is -0.342 e. The highest BCUT2D eigenvalue weighted by Crippen LogP contribution is 2.45. The second kappa shape index (κ2) is 5.63. The van der Waals surface area contributed by atoms with Crippen LogP contribution in [0.5, 0.6) is 0 Å². The van der Waals surface area contributed by atoms with Gasteiger partial charge in [0.05, 0.1) is 5.75 Å². The molecule has 2 aliphatic carbocycles. The van der Waals surface area contributed by atoms with Crippen molar-refractivity contribution in [2.45, 2.75) is 62.1 Å². The molecule has 1 aromatic heterocycles. The molecule has 6 heteroatoms. The van der Waals surface area contributed by atoms with Gasteiger partial charge in [-0.05, 0) is 44.9 Å². The predicted octanol–water partition coefficient (Wildman–Crippen LogP) is 2.60. The zero-order valence-electron chi connectivity index (χ0n) is 12.3. The van der Waals surface area contributed by atoms with Crippen LogP contribution < -0.4 is 0 Å². The summed E-state index contributed by atoms with van der Waals surface area (Å²) in [5.74, 6) is 2.57. The number of likely N-dealkylation sites (tertiary alicyclic amines) is 1. The molecule has 5 nitrogen and oxygen atoms in total. The summed E-state index contributed by atoms with van der Waals surface area (Å²) >= 11 is 1.58. The summed E-state index contributed by atoms with van der Waals surface area (Å²) in [6.07, 6.45) is 8.56. The predicted molar refractivity (Wildman–Crippen MR) is 81.4 cm³/mol. The average molecular weight is 306 g/mol. The standard InChI is InChI=1S/C15H22N4OS/c20-13(18-8-2-1-3-9-18)10-21-15-17-16-14(11-4-5-11)19(15)12-6-7-12/h11-12H,1-10H2. The van der Waals surface area contributed by atoms with Gasteiger partial charge in [0.2, 0.25) is 5.91 Å². The number of nitrogens with zero attached hydrogens (tertiary/aromatic N) is 4. The van der Waals surface area contributed by atoms with Crippen LogP contribution in [0.3, 0.4) is 0 Å². The maximum absolute atomic E-state index is 12.3. The zero-order chi connectivity index (χ0) is 14.2. The summed E-state index contributed by atoms with van der Waals surface area (Å²) < 4.78 is 2.33. The third-order valence-corrected chi connectivity index (χ3v) is 5.51. The molecule has 0 spiro atoms. The van der Waals surface area contributed by atoms with E-state index >= 15 is 0 Å². The van der Waals surface area contributed by atoms with Crippen molar-refractivity contribution in [1.29, 1.82) is 0 Å². The molecule has 0 aromatic carbocycles. The maximum Gasteiger partial charge on any atom is 0.233 e. The summed E-state index contributed by atoms with van der Waals surface area (Å²) in [5, 5.41) is 9.72. The van der Waals surface area contributed by atoms with E-state index in [9.17, 15) is 4.79 Å². The Bertz CT molecular complexity index is 530. The zero-order valence-corrected chi connectivity index (χ0v) is 13.1. The van der Waals surface area contributed by atoms with Crippen molar-refractivity contribution in [3.63, 3.8) is 0 Å². The first-order valence-electron chi connectivity index (χ1n) is 8.18. The third-order valence-electron chi connectivity index (χ3n) is 4.58. The summed E-state index contributed by atoms with van der Waals surface area (Å²) in [7, 11) is 0. The van der Waals surface area contributed by atoms with Gasteiger partial charge in [-0.2, -0.15) is 0 Å². The molecule has 21 heavy (non-hydrogen) atoms. The van der Waals surface area contributed by atoms with E-state index in [0.717, 1.165) is 31.1 Å². The smallest absolute Gasteiger partial charge is 0.233 e. The Kier molecular flexibility index (Phi) is 3.65. The SMILES string of the molecule is O=C(CSc1nnc(C2CC2)n1C1CC1)N1CCCCC1. The van der Waals surface area contributed by atoms with E-state index in [-0.39, 0.29) is 5.91 Å². The van der Waals surface area contributed by atoms with E-state index in [1.165, 1.54) is 37.9 Å². The quantitative estimate of drug-likeness (QED) is 0.785. The highest BCUT2D eigenvalue weighted by molar-refractivity contribution is 7.99. The van der Waals surface area contributed by atoms with E-state index in [2.05, 4.69) is 14.8 Å². The van der Waals surface area contributed by atoms with Gasteiger partial charge in [-0.1, -0.05) is 11.8 Å². The number of piperidine rings is 1. The van der Waals surface area contributed by atoms with Crippen molar-refractivity contribution in [2.75, 3.05) is 18.8 Å². The van der Waals surface area contributed by atoms with E-state index in [4.69, 9.17) is 0 Å². The van der Waals surface area contributed by atoms with Gasteiger partial charge in [-0.15, -0.1) is 10.2 Å². The van der Waals surface area contributed by atoms with Gasteiger partial charge < -0.3 is 9.47 Å². The second-order valence-electron chi connectivity index (χ2n) is 6.45. The van der Waals surface area contributed by atoms with Crippen LogP contribution in [-0.4, -0.2) is 44.4 Å². The number of carbonyl (C=O) groups excluding carboxylic acids is 1. The first kappa shape index (κ1) is 13.6. The van der Waals surface area contributed by atoms with Gasteiger partial charge in [0.25, 0.3) is 0 Å². The second-order valence-corrected chi connectivity index (χ2v) is 7.39. The van der Waals surface area contributed by atoms with Crippen molar-refractivity contribution in [3.05, 3.63) is 5.82 Å². The van der Waals surface area contributed by atoms with Crippen LogP contribution in [-0.2, 0) is 4.79 Å². The van der Waals surface area contributed by atoms with Gasteiger partial charge >= 0.3 is 0 Å². The van der Waals surface area contributed by atoms with E-state index in [1.54, 1.807) is 11.8 Å². The van der Waals surface area contributed by atoms with Gasteiger partial charge in [0.1, 0.15) is 5.82 Å². The van der Waals surface area contributed by atoms with Gasteiger partial charge in [0, 0.05) is 25.0 Å². The molecule has 3 aliphatic rings. The molecule has 0 unspecified atom stereocenters. The summed E-state index contributed by atoms with van der Waals surface area (Å²) in [6, 6.07) is 0.600. The fourth-order valence-corrected chi connectivity index (χ4v) is 3.96. The van der Waals surface area contributed by atoms with Crippen LogP contribution in [0.1, 0.15) is 62.7 Å². The number of hydrogen-bond acceptors (Lipinski definition) is 4. The Labute approximate surface area is 129 Å². The first-order chi connectivity index (χ1) is 10.3. The van der Waals surface area contributed by atoms with Crippen molar-refractivity contribution >= 4 is 17.7 Å². The fraction of sp³-hybridized carbons (Fsp3) is 0.800. The van der Waals surface area contributed by atoms with Crippen LogP contribution >= 0.6 is 11.8 Å². The molecule has 0 bridgehead atoms. The number of carbonyl (C=O) groups is 1. The minimum absolute atomic E-state index is 0.262. The minimum atomic E-state index is 0.262. The van der Waals surface area contributed by atoms with Crippen LogP contribution in [0.15, 0.2) is 5.16 Å². The monoisotopic (exact) mass is 306 g/mol. The molecule has 2 heterocycles. The first-order valence-corrected chi connectivity index (χ1v) is 9.17. The van der Waals surface area contributed by atoms with E-state index < -0.39 is 0 Å². The Hall–Kier alpha value is -1.04. The van der Waals surface area contributed by atoms with Gasteiger partial charge in [-0.3, -0.25) is 4.79 Å². The lowest BCUT2D eigenvalue weighted by atomic mass is 10.1. The molecule has 0 atom stereocenters. The van der Waals surface area contributed by atoms with Crippen molar-refractivity contribution in [2.24, 2.45) is 0 Å². The molecular weight excluding hydrogens is 284 g/mol. The number of aromatic nitrogens is 3. The van der Waals surface area contributed by atoms with Gasteiger partial charge in [0.15, 0.2) is 5.16 Å². The van der Waals surface area contributed by atoms with Crippen molar-refractivity contribution in [3.8, 4) is 0 Å². The molecule has 1 aromatic rings. The van der Waals surface area contributed by atoms with Crippen LogP contribution in [0.25, 0.3) is 0 Å². The van der Waals surface area contributed by atoms with Crippen molar-refractivity contribution in [1.82, 2.24) is 19.7 Å². The molecule has 3 fully saturated rings. The van der Waals surface area contributed by atoms with E-state index in [1.807, 2.05) is 4.90 Å². The van der Waals surface area contributed by atoms with Crippen LogP contribution in [0.2, 0.25) is 0 Å². The summed E-state index contributed by atoms with van der Waals surface area (Å²) in [5.41, 5.74) is 0. The van der Waals surface area contributed by atoms with E-state index in [0.29, 0.717) is 17.7 Å². The fourth-order valence-electron chi connectivity index (χ4n) is 3.04. The lowest BCUT2D eigenvalue weighted by molar-refractivity contribution is -0.129. The Morgan fingerprint density at radius 2 is 1.86 bits per heavy atom. The highest BCUT2D eigenvalue weighted by atomic mass is 32.2. The molecular formula is C15H22N4OS. The number of thioether (sulfide) groups is 1. The molecule has 1 saturated heterocycles. The molecule has 1 amide bonds. The van der Waals surface area contributed by atoms with Crippen LogP contribution in [0.4, 0.5) is 0 Å². The molecule has 4 rings (SSSR count). The molecule has 2 saturated carbocycles. The Balaban J connectivity index is 1.41. The molecule has 0 radical (unpaired) electrons. The Morgan fingerprint density at radius 3 is 2.52 bits per heavy atom. The molecule has 0 N–H and O–H groups in total. The molecule has 1 aliphatic heterocycles. The average Bonchev–Trinajstić information content (AvgIpc) is 3.44. The number of rotatable bonds is 5. The lowest BCUT2D eigenvalue weighted by Gasteiger charge is -2.26. The Morgan fingerprint density at radius 1 is 1.10 bits per heavy atom. The summed E-state index contributed by atoms with van der Waals surface area (Å²) in [6.45, 7) is 1.87. The molecule has 114 valence electrons. The topological polar surface area (TPSA) is 51.0 Å². The lowest BCUT2D eigenvalue weighted by Crippen LogP contribution is -2.36. The summed E-state index contributed by atoms with van der Waals surface area (Å²) in [4.78, 5) is 14.3. The number of hydrogen-bond donors (Lipinski definition) is 0. The normalized spacial score (nSPS) is 22.6. The highest BCUT2D eigenvalue weighted by Gasteiger charge is 2.36. The largest absolute Gasteiger partial charge is 0.342 e. The van der Waals surface area contributed by atoms with Crippen molar-refractivity contribution < 1.29 is 4.79 Å². The number of amides is 1.